The maximum atomic E-state index is 12.7. The molecule has 0 aromatic heterocycles. The first-order valence-electron chi connectivity index (χ1n) is 8.40. The number of carbonyl (C=O) groups is 1. The molecule has 1 heterocycles. The summed E-state index contributed by atoms with van der Waals surface area (Å²) in [5.41, 5.74) is 2.71. The minimum absolute atomic E-state index is 0.0498. The lowest BCUT2D eigenvalue weighted by Crippen LogP contribution is -2.47. The van der Waals surface area contributed by atoms with Gasteiger partial charge < -0.3 is 14.4 Å². The van der Waals surface area contributed by atoms with Gasteiger partial charge in [0.05, 0.1) is 13.2 Å². The molecule has 132 valence electrons. The largest absolute Gasteiger partial charge is 0.491 e. The van der Waals surface area contributed by atoms with Crippen molar-refractivity contribution in [2.75, 3.05) is 26.3 Å². The fourth-order valence-corrected chi connectivity index (χ4v) is 3.00. The van der Waals surface area contributed by atoms with Crippen LogP contribution in [0.25, 0.3) is 0 Å². The quantitative estimate of drug-likeness (QED) is 0.831. The molecule has 0 radical (unpaired) electrons. The lowest BCUT2D eigenvalue weighted by Gasteiger charge is -2.33. The number of carbonyl (C=O) groups excluding carboxylic acids is 1. The van der Waals surface area contributed by atoms with Gasteiger partial charge in [-0.1, -0.05) is 29.8 Å². The van der Waals surface area contributed by atoms with E-state index in [1.165, 1.54) is 0 Å². The molecular weight excluding hydrogens is 338 g/mol. The molecule has 1 aliphatic heterocycles. The molecule has 1 saturated heterocycles. The average molecular weight is 360 g/mol. The molecule has 3 rings (SSSR count). The molecule has 1 atom stereocenters. The van der Waals surface area contributed by atoms with Gasteiger partial charge >= 0.3 is 0 Å². The average Bonchev–Trinajstić information content (AvgIpc) is 2.63. The Bertz CT molecular complexity index is 762. The Morgan fingerprint density at radius 2 is 2.04 bits per heavy atom. The van der Waals surface area contributed by atoms with Crippen molar-refractivity contribution in [1.29, 1.82) is 0 Å². The number of benzene rings is 2. The van der Waals surface area contributed by atoms with Gasteiger partial charge in [0.2, 0.25) is 0 Å². The Balaban J connectivity index is 1.60. The Morgan fingerprint density at radius 1 is 1.24 bits per heavy atom. The number of nitrogens with zero attached hydrogens (tertiary/aromatic N) is 1. The van der Waals surface area contributed by atoms with Crippen LogP contribution in [0.5, 0.6) is 5.75 Å². The first kappa shape index (κ1) is 17.8. The summed E-state index contributed by atoms with van der Waals surface area (Å²) in [6.45, 7) is 5.94. The maximum absolute atomic E-state index is 12.7. The van der Waals surface area contributed by atoms with Crippen LogP contribution < -0.4 is 4.74 Å². The van der Waals surface area contributed by atoms with Crippen molar-refractivity contribution in [2.45, 2.75) is 20.0 Å². The van der Waals surface area contributed by atoms with Gasteiger partial charge in [0.25, 0.3) is 5.91 Å². The monoisotopic (exact) mass is 359 g/mol. The summed E-state index contributed by atoms with van der Waals surface area (Å²) in [6, 6.07) is 13.2. The second-order valence-electron chi connectivity index (χ2n) is 6.28. The molecule has 5 heteroatoms. The number of ether oxygens (including phenoxy) is 2. The van der Waals surface area contributed by atoms with E-state index < -0.39 is 0 Å². The molecule has 2 aromatic rings. The Kier molecular flexibility index (Phi) is 5.61. The van der Waals surface area contributed by atoms with Crippen molar-refractivity contribution in [1.82, 2.24) is 4.90 Å². The molecule has 4 nitrogen and oxygen atoms in total. The molecule has 1 aliphatic rings. The van der Waals surface area contributed by atoms with Crippen LogP contribution in [-0.2, 0) is 4.74 Å². The molecule has 1 fully saturated rings. The van der Waals surface area contributed by atoms with Crippen molar-refractivity contribution in [2.24, 2.45) is 0 Å². The predicted octanol–water partition coefficient (Wildman–Crippen LogP) is 3.88. The summed E-state index contributed by atoms with van der Waals surface area (Å²) in [5, 5.41) is 0.719. The van der Waals surface area contributed by atoms with Crippen molar-refractivity contribution in [3.05, 3.63) is 64.2 Å². The topological polar surface area (TPSA) is 38.8 Å². The molecule has 0 saturated carbocycles. The highest BCUT2D eigenvalue weighted by atomic mass is 35.5. The fourth-order valence-electron chi connectivity index (χ4n) is 2.88. The third-order valence-corrected chi connectivity index (χ3v) is 4.79. The molecule has 2 aromatic carbocycles. The van der Waals surface area contributed by atoms with Crippen LogP contribution in [0.4, 0.5) is 0 Å². The van der Waals surface area contributed by atoms with Gasteiger partial charge in [-0.25, -0.2) is 0 Å². The van der Waals surface area contributed by atoms with Gasteiger partial charge in [-0.2, -0.15) is 0 Å². The Hall–Kier alpha value is -2.04. The molecule has 0 bridgehead atoms. The smallest absolute Gasteiger partial charge is 0.254 e. The first-order valence-corrected chi connectivity index (χ1v) is 8.78. The zero-order valence-corrected chi connectivity index (χ0v) is 15.3. The summed E-state index contributed by atoms with van der Waals surface area (Å²) >= 11 is 6.03. The van der Waals surface area contributed by atoms with E-state index in [-0.39, 0.29) is 12.0 Å². The van der Waals surface area contributed by atoms with Crippen LogP contribution in [0.2, 0.25) is 5.02 Å². The second kappa shape index (κ2) is 7.89. The van der Waals surface area contributed by atoms with E-state index in [1.807, 2.05) is 61.2 Å². The third kappa shape index (κ3) is 4.33. The van der Waals surface area contributed by atoms with E-state index in [0.29, 0.717) is 26.3 Å². The SMILES string of the molecule is Cc1cc(OC[C@@H]2CN(C(=O)c3ccccc3C)CCO2)ccc1Cl. The van der Waals surface area contributed by atoms with E-state index in [2.05, 4.69) is 0 Å². The maximum Gasteiger partial charge on any atom is 0.254 e. The second-order valence-corrected chi connectivity index (χ2v) is 6.69. The molecule has 1 amide bonds. The van der Waals surface area contributed by atoms with E-state index in [1.54, 1.807) is 0 Å². The van der Waals surface area contributed by atoms with E-state index >= 15 is 0 Å². The van der Waals surface area contributed by atoms with Crippen molar-refractivity contribution < 1.29 is 14.3 Å². The van der Waals surface area contributed by atoms with Gasteiger partial charge in [0.15, 0.2) is 0 Å². The van der Waals surface area contributed by atoms with Gasteiger partial charge in [-0.3, -0.25) is 4.79 Å². The van der Waals surface area contributed by atoms with Crippen LogP contribution in [0.1, 0.15) is 21.5 Å². The predicted molar refractivity (Wildman–Crippen MR) is 98.5 cm³/mol. The number of aryl methyl sites for hydroxylation is 2. The highest BCUT2D eigenvalue weighted by molar-refractivity contribution is 6.31. The number of hydrogen-bond donors (Lipinski definition) is 0. The highest BCUT2D eigenvalue weighted by Crippen LogP contribution is 2.22. The molecule has 0 unspecified atom stereocenters. The van der Waals surface area contributed by atoms with Crippen LogP contribution >= 0.6 is 11.6 Å². The highest BCUT2D eigenvalue weighted by Gasteiger charge is 2.26. The number of hydrogen-bond acceptors (Lipinski definition) is 3. The van der Waals surface area contributed by atoms with Crippen LogP contribution in [0.15, 0.2) is 42.5 Å². The van der Waals surface area contributed by atoms with Crippen molar-refractivity contribution in [3.8, 4) is 5.75 Å². The fraction of sp³-hybridized carbons (Fsp3) is 0.350. The summed E-state index contributed by atoms with van der Waals surface area (Å²) in [7, 11) is 0. The van der Waals surface area contributed by atoms with Crippen LogP contribution in [-0.4, -0.2) is 43.2 Å². The lowest BCUT2D eigenvalue weighted by atomic mass is 10.1. The molecular formula is C20H22ClNO3. The molecule has 0 spiro atoms. The summed E-state index contributed by atoms with van der Waals surface area (Å²) in [4.78, 5) is 14.6. The van der Waals surface area contributed by atoms with Gasteiger partial charge in [-0.15, -0.1) is 0 Å². The summed E-state index contributed by atoms with van der Waals surface area (Å²) in [6.07, 6.45) is -0.141. The van der Waals surface area contributed by atoms with E-state index in [0.717, 1.165) is 27.5 Å². The standard InChI is InChI=1S/C20H22ClNO3/c1-14-5-3-4-6-18(14)20(23)22-9-10-24-17(12-22)13-25-16-7-8-19(21)15(2)11-16/h3-8,11,17H,9-10,12-13H2,1-2H3/t17-/m0/s1. The van der Waals surface area contributed by atoms with E-state index in [4.69, 9.17) is 21.1 Å². The zero-order valence-electron chi connectivity index (χ0n) is 14.5. The number of morpholine rings is 1. The van der Waals surface area contributed by atoms with Gasteiger partial charge in [-0.05, 0) is 49.2 Å². The summed E-state index contributed by atoms with van der Waals surface area (Å²) in [5.74, 6) is 0.807. The summed E-state index contributed by atoms with van der Waals surface area (Å²) < 4.78 is 11.6. The van der Waals surface area contributed by atoms with Gasteiger partial charge in [0, 0.05) is 17.1 Å². The number of amides is 1. The minimum Gasteiger partial charge on any atom is -0.491 e. The molecule has 0 N–H and O–H groups in total. The first-order chi connectivity index (χ1) is 12.0. The minimum atomic E-state index is -0.141. The Morgan fingerprint density at radius 3 is 2.80 bits per heavy atom. The van der Waals surface area contributed by atoms with Gasteiger partial charge in [0.1, 0.15) is 18.5 Å². The molecule has 0 aliphatic carbocycles. The number of rotatable bonds is 4. The Labute approximate surface area is 153 Å². The lowest BCUT2D eigenvalue weighted by molar-refractivity contribution is -0.0401. The van der Waals surface area contributed by atoms with Crippen molar-refractivity contribution >= 4 is 17.5 Å². The van der Waals surface area contributed by atoms with Crippen LogP contribution in [0.3, 0.4) is 0 Å². The third-order valence-electron chi connectivity index (χ3n) is 4.37. The number of halogens is 1. The zero-order chi connectivity index (χ0) is 17.8. The molecule has 25 heavy (non-hydrogen) atoms. The normalized spacial score (nSPS) is 17.4. The van der Waals surface area contributed by atoms with Crippen molar-refractivity contribution in [3.63, 3.8) is 0 Å². The van der Waals surface area contributed by atoms with E-state index in [9.17, 15) is 4.79 Å². The van der Waals surface area contributed by atoms with Crippen LogP contribution in [0, 0.1) is 13.8 Å².